The monoisotopic (exact) mass is 535 g/mol. The van der Waals surface area contributed by atoms with Crippen LogP contribution in [0.1, 0.15) is 12.5 Å². The maximum Gasteiger partial charge on any atom is 0.269 e. The maximum absolute atomic E-state index is 14.4. The highest BCUT2D eigenvalue weighted by Gasteiger charge is 2.14. The molecule has 0 unspecified atom stereocenters. The van der Waals surface area contributed by atoms with Gasteiger partial charge in [-0.25, -0.2) is 18.4 Å². The molecule has 1 fully saturated rings. The lowest BCUT2D eigenvalue weighted by Gasteiger charge is -2.28. The molecule has 1 aromatic heterocycles. The largest absolute Gasteiger partial charge is 0.378 e. The molecule has 0 spiro atoms. The van der Waals surface area contributed by atoms with Crippen LogP contribution in [0.4, 0.5) is 25.8 Å². The lowest BCUT2D eigenvalue weighted by Crippen LogP contribution is -2.36. The number of thiazole rings is 1. The van der Waals surface area contributed by atoms with E-state index in [0.29, 0.717) is 35.0 Å². The summed E-state index contributed by atoms with van der Waals surface area (Å²) >= 11 is 1.22. The van der Waals surface area contributed by atoms with Crippen LogP contribution in [0.3, 0.4) is 0 Å². The number of nitro benzene ring substituents is 1. The molecule has 11 heteroatoms. The third kappa shape index (κ3) is 5.53. The molecule has 0 aliphatic carbocycles. The molecule has 0 saturated carbocycles. The average Bonchev–Trinajstić information content (AvgIpc) is 3.32. The van der Waals surface area contributed by atoms with Crippen molar-refractivity contribution in [3.63, 3.8) is 0 Å². The van der Waals surface area contributed by atoms with Gasteiger partial charge in [0.2, 0.25) is 4.80 Å². The number of morpholine rings is 1. The molecular formula is C27H23F2N5O3S. The van der Waals surface area contributed by atoms with Crippen LogP contribution in [0.5, 0.6) is 0 Å². The second-order valence-electron chi connectivity index (χ2n) is 8.56. The zero-order chi connectivity index (χ0) is 26.6. The van der Waals surface area contributed by atoms with Gasteiger partial charge in [0.1, 0.15) is 11.5 Å². The van der Waals surface area contributed by atoms with E-state index in [0.717, 1.165) is 36.5 Å². The fraction of sp³-hybridized carbons (Fsp3) is 0.185. The highest BCUT2D eigenvalue weighted by molar-refractivity contribution is 7.07. The molecule has 8 nitrogen and oxygen atoms in total. The minimum atomic E-state index is -0.791. The predicted octanol–water partition coefficient (Wildman–Crippen LogP) is 5.74. The van der Waals surface area contributed by atoms with Gasteiger partial charge in [0, 0.05) is 47.9 Å². The highest BCUT2D eigenvalue weighted by atomic mass is 32.1. The summed E-state index contributed by atoms with van der Waals surface area (Å²) in [6.07, 6.45) is 0. The molecule has 3 aromatic carbocycles. The number of hydrogen-bond donors (Lipinski definition) is 0. The number of ether oxygens (including phenoxy) is 1. The molecule has 0 amide bonds. The number of benzene rings is 3. The van der Waals surface area contributed by atoms with E-state index >= 15 is 0 Å². The van der Waals surface area contributed by atoms with E-state index < -0.39 is 16.6 Å². The molecule has 0 bridgehead atoms. The smallest absolute Gasteiger partial charge is 0.269 e. The Morgan fingerprint density at radius 2 is 1.74 bits per heavy atom. The fourth-order valence-electron chi connectivity index (χ4n) is 4.04. The number of nitro groups is 1. The van der Waals surface area contributed by atoms with Crippen LogP contribution in [0.25, 0.3) is 11.3 Å². The summed E-state index contributed by atoms with van der Waals surface area (Å²) in [6, 6.07) is 17.3. The van der Waals surface area contributed by atoms with Gasteiger partial charge in [0.15, 0.2) is 5.82 Å². The molecule has 2 heterocycles. The minimum Gasteiger partial charge on any atom is -0.378 e. The van der Waals surface area contributed by atoms with Crippen molar-refractivity contribution in [1.29, 1.82) is 0 Å². The molecule has 1 saturated heterocycles. The Hall–Kier alpha value is -4.22. The average molecular weight is 536 g/mol. The SMILES string of the molecule is CC(=Nn1c(-c2ccc([N+](=O)[O-])cc2)csc1=Nc1ccc(F)cc1F)c1ccc(N2CCOCC2)cc1. The summed E-state index contributed by atoms with van der Waals surface area (Å²) in [7, 11) is 0. The van der Waals surface area contributed by atoms with E-state index in [9.17, 15) is 18.9 Å². The first kappa shape index (κ1) is 25.4. The summed E-state index contributed by atoms with van der Waals surface area (Å²) < 4.78 is 34.8. The summed E-state index contributed by atoms with van der Waals surface area (Å²) in [5, 5.41) is 17.7. The molecule has 1 aliphatic rings. The van der Waals surface area contributed by atoms with Gasteiger partial charge >= 0.3 is 0 Å². The molecular weight excluding hydrogens is 512 g/mol. The Bertz CT molecular complexity index is 1560. The Labute approximate surface area is 220 Å². The summed E-state index contributed by atoms with van der Waals surface area (Å²) in [5.41, 5.74) is 3.90. The minimum absolute atomic E-state index is 0.0278. The van der Waals surface area contributed by atoms with E-state index in [1.165, 1.54) is 29.5 Å². The van der Waals surface area contributed by atoms with E-state index in [1.807, 2.05) is 31.2 Å². The molecule has 4 aromatic rings. The van der Waals surface area contributed by atoms with Crippen LogP contribution >= 0.6 is 11.3 Å². The van der Waals surface area contributed by atoms with Gasteiger partial charge in [-0.15, -0.1) is 11.3 Å². The molecule has 194 valence electrons. The van der Waals surface area contributed by atoms with Crippen LogP contribution in [-0.4, -0.2) is 41.6 Å². The van der Waals surface area contributed by atoms with Crippen LogP contribution < -0.4 is 9.70 Å². The lowest BCUT2D eigenvalue weighted by atomic mass is 10.1. The van der Waals surface area contributed by atoms with Crippen molar-refractivity contribution in [1.82, 2.24) is 4.68 Å². The zero-order valence-electron chi connectivity index (χ0n) is 20.4. The quantitative estimate of drug-likeness (QED) is 0.179. The first-order chi connectivity index (χ1) is 18.4. The molecule has 38 heavy (non-hydrogen) atoms. The van der Waals surface area contributed by atoms with Crippen LogP contribution in [0.2, 0.25) is 0 Å². The van der Waals surface area contributed by atoms with Gasteiger partial charge in [0.25, 0.3) is 5.69 Å². The van der Waals surface area contributed by atoms with Gasteiger partial charge in [0.05, 0.1) is 29.5 Å². The number of aromatic nitrogens is 1. The number of nitrogens with zero attached hydrogens (tertiary/aromatic N) is 5. The second kappa shape index (κ2) is 11.0. The fourth-order valence-corrected chi connectivity index (χ4v) is 4.89. The number of non-ortho nitro benzene ring substituents is 1. The third-order valence-electron chi connectivity index (χ3n) is 6.10. The Balaban J connectivity index is 1.56. The molecule has 5 rings (SSSR count). The Kier molecular flexibility index (Phi) is 7.38. The highest BCUT2D eigenvalue weighted by Crippen LogP contribution is 2.25. The normalized spacial score (nSPS) is 14.7. The Morgan fingerprint density at radius 3 is 2.39 bits per heavy atom. The van der Waals surface area contributed by atoms with Gasteiger partial charge in [-0.1, -0.05) is 12.1 Å². The predicted molar refractivity (Wildman–Crippen MR) is 143 cm³/mol. The molecule has 0 radical (unpaired) electrons. The van der Waals surface area contributed by atoms with Crippen molar-refractivity contribution in [2.75, 3.05) is 31.2 Å². The zero-order valence-corrected chi connectivity index (χ0v) is 21.2. The van der Waals surface area contributed by atoms with Crippen molar-refractivity contribution in [3.05, 3.63) is 104 Å². The van der Waals surface area contributed by atoms with E-state index in [4.69, 9.17) is 9.84 Å². The van der Waals surface area contributed by atoms with Crippen LogP contribution in [-0.2, 0) is 4.74 Å². The summed E-state index contributed by atoms with van der Waals surface area (Å²) in [6.45, 7) is 4.92. The standard InChI is InChI=1S/C27H23F2N5O3S/c1-18(19-2-7-22(8-3-19)32-12-14-37-15-13-32)31-33-26(20-4-9-23(10-5-20)34(35)36)17-38-27(33)30-25-11-6-21(28)16-24(25)29/h2-11,16-17H,12-15H2,1H3. The lowest BCUT2D eigenvalue weighted by molar-refractivity contribution is -0.384. The van der Waals surface area contributed by atoms with E-state index in [-0.39, 0.29) is 11.4 Å². The van der Waals surface area contributed by atoms with Gasteiger partial charge in [-0.05, 0) is 48.9 Å². The van der Waals surface area contributed by atoms with Crippen molar-refractivity contribution in [2.45, 2.75) is 6.92 Å². The van der Waals surface area contributed by atoms with Crippen molar-refractivity contribution in [2.24, 2.45) is 10.1 Å². The first-order valence-electron chi connectivity index (χ1n) is 11.8. The van der Waals surface area contributed by atoms with Crippen LogP contribution in [0.15, 0.2) is 82.2 Å². The van der Waals surface area contributed by atoms with Crippen molar-refractivity contribution < 1.29 is 18.4 Å². The molecule has 0 atom stereocenters. The van der Waals surface area contributed by atoms with Gasteiger partial charge in [-0.3, -0.25) is 10.1 Å². The molecule has 0 N–H and O–H groups in total. The summed E-state index contributed by atoms with van der Waals surface area (Å²) in [5.74, 6) is -1.48. The van der Waals surface area contributed by atoms with Crippen LogP contribution in [0, 0.1) is 21.7 Å². The van der Waals surface area contributed by atoms with E-state index in [1.54, 1.807) is 22.2 Å². The topological polar surface area (TPSA) is 85.3 Å². The first-order valence-corrected chi connectivity index (χ1v) is 12.7. The molecule has 1 aliphatic heterocycles. The second-order valence-corrected chi connectivity index (χ2v) is 9.40. The number of anilines is 1. The number of rotatable bonds is 6. The number of hydrogen-bond acceptors (Lipinski definition) is 7. The van der Waals surface area contributed by atoms with Crippen molar-refractivity contribution in [3.8, 4) is 11.3 Å². The van der Waals surface area contributed by atoms with Crippen molar-refractivity contribution >= 4 is 34.1 Å². The van der Waals surface area contributed by atoms with E-state index in [2.05, 4.69) is 9.89 Å². The maximum atomic E-state index is 14.4. The summed E-state index contributed by atoms with van der Waals surface area (Å²) in [4.78, 5) is 17.6. The third-order valence-corrected chi connectivity index (χ3v) is 6.91. The Morgan fingerprint density at radius 1 is 1.03 bits per heavy atom. The van der Waals surface area contributed by atoms with Gasteiger partial charge in [-0.2, -0.15) is 5.10 Å². The number of halogens is 2. The van der Waals surface area contributed by atoms with Gasteiger partial charge < -0.3 is 9.64 Å².